The van der Waals surface area contributed by atoms with Crippen LogP contribution in [0.4, 0.5) is 0 Å². The van der Waals surface area contributed by atoms with E-state index in [1.807, 2.05) is 56.3 Å². The highest BCUT2D eigenvalue weighted by Crippen LogP contribution is 2.43. The first kappa shape index (κ1) is 23.0. The molecule has 0 radical (unpaired) electrons. The van der Waals surface area contributed by atoms with Gasteiger partial charge >= 0.3 is 0 Å². The van der Waals surface area contributed by atoms with Gasteiger partial charge in [-0.1, -0.05) is 24.3 Å². The molecule has 2 heterocycles. The van der Waals surface area contributed by atoms with E-state index < -0.39 is 0 Å². The minimum absolute atomic E-state index is 0.102. The van der Waals surface area contributed by atoms with Crippen molar-refractivity contribution in [2.75, 3.05) is 27.0 Å². The van der Waals surface area contributed by atoms with Gasteiger partial charge in [0.1, 0.15) is 29.7 Å². The standard InChI is InChI=1S/C29H29NO5/c1-4-33-24-11-7-21(8-12-24)15-26-27(31)25-16-22-17-30(18-34-28(22)19(2)29(25)35-26)14-13-20-5-9-23(32-3)10-6-20/h5-12,15-16H,4,13-14,17-18H2,1-3H3/b26-15-. The van der Waals surface area contributed by atoms with E-state index in [1.54, 1.807) is 13.2 Å². The van der Waals surface area contributed by atoms with Gasteiger partial charge in [-0.3, -0.25) is 9.69 Å². The Hall–Kier alpha value is -3.77. The summed E-state index contributed by atoms with van der Waals surface area (Å²) in [5.41, 5.74) is 4.61. The third kappa shape index (κ3) is 4.75. The summed E-state index contributed by atoms with van der Waals surface area (Å²) in [5.74, 6) is 3.29. The molecule has 6 nitrogen and oxygen atoms in total. The van der Waals surface area contributed by atoms with Crippen LogP contribution in [0, 0.1) is 6.92 Å². The third-order valence-corrected chi connectivity index (χ3v) is 6.37. The van der Waals surface area contributed by atoms with Crippen LogP contribution in [0.3, 0.4) is 0 Å². The number of hydrogen-bond acceptors (Lipinski definition) is 6. The molecule has 0 unspecified atom stereocenters. The Labute approximate surface area is 205 Å². The summed E-state index contributed by atoms with van der Waals surface area (Å²) >= 11 is 0. The van der Waals surface area contributed by atoms with Crippen LogP contribution in [0.5, 0.6) is 23.0 Å². The highest BCUT2D eigenvalue weighted by Gasteiger charge is 2.33. The summed E-state index contributed by atoms with van der Waals surface area (Å²) in [5, 5.41) is 0. The van der Waals surface area contributed by atoms with Crippen LogP contribution < -0.4 is 18.9 Å². The Bertz CT molecular complexity index is 1260. The summed E-state index contributed by atoms with van der Waals surface area (Å²) in [6.07, 6.45) is 2.68. The molecule has 0 atom stereocenters. The number of fused-ring (bicyclic) bond motifs is 2. The molecule has 0 amide bonds. The molecular weight excluding hydrogens is 442 g/mol. The molecule has 0 spiro atoms. The molecule has 3 aromatic carbocycles. The van der Waals surface area contributed by atoms with E-state index in [0.717, 1.165) is 53.4 Å². The van der Waals surface area contributed by atoms with Gasteiger partial charge in [0, 0.05) is 24.2 Å². The lowest BCUT2D eigenvalue weighted by Crippen LogP contribution is -2.34. The quantitative estimate of drug-likeness (QED) is 0.429. The molecule has 2 aliphatic rings. The van der Waals surface area contributed by atoms with Gasteiger partial charge < -0.3 is 18.9 Å². The second-order valence-electron chi connectivity index (χ2n) is 8.73. The molecule has 0 fully saturated rings. The van der Waals surface area contributed by atoms with Crippen LogP contribution in [0.25, 0.3) is 6.08 Å². The summed E-state index contributed by atoms with van der Waals surface area (Å²) in [6, 6.07) is 17.7. The van der Waals surface area contributed by atoms with Gasteiger partial charge in [0.05, 0.1) is 19.3 Å². The molecule has 6 heteroatoms. The summed E-state index contributed by atoms with van der Waals surface area (Å²) in [6.45, 7) is 6.61. The number of benzene rings is 3. The maximum absolute atomic E-state index is 13.2. The minimum Gasteiger partial charge on any atom is -0.497 e. The van der Waals surface area contributed by atoms with Gasteiger partial charge in [-0.05, 0) is 67.8 Å². The smallest absolute Gasteiger partial charge is 0.231 e. The lowest BCUT2D eigenvalue weighted by molar-refractivity contribution is 0.0954. The minimum atomic E-state index is -0.102. The van der Waals surface area contributed by atoms with Crippen molar-refractivity contribution in [1.82, 2.24) is 4.90 Å². The fourth-order valence-electron chi connectivity index (χ4n) is 4.50. The zero-order chi connectivity index (χ0) is 24.4. The summed E-state index contributed by atoms with van der Waals surface area (Å²) < 4.78 is 22.9. The topological polar surface area (TPSA) is 57.2 Å². The van der Waals surface area contributed by atoms with E-state index in [2.05, 4.69) is 17.0 Å². The molecule has 180 valence electrons. The van der Waals surface area contributed by atoms with Crippen LogP contribution in [0.15, 0.2) is 60.4 Å². The molecule has 0 N–H and O–H groups in total. The second-order valence-corrected chi connectivity index (χ2v) is 8.73. The second kappa shape index (κ2) is 9.84. The van der Waals surface area contributed by atoms with E-state index in [0.29, 0.717) is 30.4 Å². The monoisotopic (exact) mass is 471 g/mol. The maximum Gasteiger partial charge on any atom is 0.231 e. The van der Waals surface area contributed by atoms with Crippen molar-refractivity contribution in [2.24, 2.45) is 0 Å². The molecule has 0 saturated carbocycles. The van der Waals surface area contributed by atoms with Gasteiger partial charge in [0.25, 0.3) is 0 Å². The predicted molar refractivity (Wildman–Crippen MR) is 134 cm³/mol. The molecule has 2 aliphatic heterocycles. The van der Waals surface area contributed by atoms with Gasteiger partial charge in [0.2, 0.25) is 5.78 Å². The van der Waals surface area contributed by atoms with E-state index >= 15 is 0 Å². The van der Waals surface area contributed by atoms with Crippen molar-refractivity contribution in [3.8, 4) is 23.0 Å². The number of Topliss-reactive ketones (excluding diaryl/α,β-unsaturated/α-hetero) is 1. The summed E-state index contributed by atoms with van der Waals surface area (Å²) in [4.78, 5) is 15.4. The number of carbonyl (C=O) groups excluding carboxylic acids is 1. The Morgan fingerprint density at radius 1 is 1.03 bits per heavy atom. The first-order valence-corrected chi connectivity index (χ1v) is 11.9. The van der Waals surface area contributed by atoms with Gasteiger partial charge in [0.15, 0.2) is 5.76 Å². The van der Waals surface area contributed by atoms with Crippen molar-refractivity contribution in [2.45, 2.75) is 26.8 Å². The van der Waals surface area contributed by atoms with Crippen LogP contribution in [-0.4, -0.2) is 37.7 Å². The van der Waals surface area contributed by atoms with Gasteiger partial charge in [-0.25, -0.2) is 0 Å². The first-order chi connectivity index (χ1) is 17.1. The molecular formula is C29H29NO5. The van der Waals surface area contributed by atoms with Crippen molar-refractivity contribution < 1.29 is 23.7 Å². The lowest BCUT2D eigenvalue weighted by Gasteiger charge is -2.30. The largest absolute Gasteiger partial charge is 0.497 e. The average molecular weight is 472 g/mol. The average Bonchev–Trinajstić information content (AvgIpc) is 3.19. The van der Waals surface area contributed by atoms with Gasteiger partial charge in [-0.15, -0.1) is 0 Å². The number of hydrogen-bond donors (Lipinski definition) is 0. The number of rotatable bonds is 7. The molecule has 5 rings (SSSR count). The Morgan fingerprint density at radius 3 is 2.49 bits per heavy atom. The molecule has 0 saturated heterocycles. The Morgan fingerprint density at radius 2 is 1.77 bits per heavy atom. The van der Waals surface area contributed by atoms with Crippen molar-refractivity contribution in [3.05, 3.63) is 88.2 Å². The van der Waals surface area contributed by atoms with Crippen LogP contribution >= 0.6 is 0 Å². The SMILES string of the molecule is CCOc1ccc(/C=C2\Oc3c(cc4c(c3C)OCN(CCc3ccc(OC)cc3)C4)C2=O)cc1. The lowest BCUT2D eigenvalue weighted by atomic mass is 10.00. The fraction of sp³-hybridized carbons (Fsp3) is 0.276. The number of methoxy groups -OCH3 is 1. The maximum atomic E-state index is 13.2. The van der Waals surface area contributed by atoms with Crippen molar-refractivity contribution >= 4 is 11.9 Å². The fourth-order valence-corrected chi connectivity index (χ4v) is 4.50. The number of ketones is 1. The molecule has 0 aromatic heterocycles. The highest BCUT2D eigenvalue weighted by molar-refractivity contribution is 6.15. The van der Waals surface area contributed by atoms with Crippen molar-refractivity contribution in [1.29, 1.82) is 0 Å². The van der Waals surface area contributed by atoms with E-state index in [-0.39, 0.29) is 5.78 Å². The zero-order valence-corrected chi connectivity index (χ0v) is 20.3. The van der Waals surface area contributed by atoms with Crippen molar-refractivity contribution in [3.63, 3.8) is 0 Å². The van der Waals surface area contributed by atoms with Crippen LogP contribution in [0.1, 0.15) is 39.5 Å². The normalized spacial score (nSPS) is 15.9. The van der Waals surface area contributed by atoms with E-state index in [4.69, 9.17) is 18.9 Å². The van der Waals surface area contributed by atoms with E-state index in [1.165, 1.54) is 5.56 Å². The Kier molecular flexibility index (Phi) is 6.47. The summed E-state index contributed by atoms with van der Waals surface area (Å²) in [7, 11) is 1.67. The van der Waals surface area contributed by atoms with Crippen LogP contribution in [-0.2, 0) is 13.0 Å². The van der Waals surface area contributed by atoms with Gasteiger partial charge in [-0.2, -0.15) is 0 Å². The third-order valence-electron chi connectivity index (χ3n) is 6.37. The number of carbonyl (C=O) groups is 1. The highest BCUT2D eigenvalue weighted by atomic mass is 16.5. The number of allylic oxidation sites excluding steroid dienone is 1. The zero-order valence-electron chi connectivity index (χ0n) is 20.3. The molecule has 35 heavy (non-hydrogen) atoms. The number of nitrogens with zero attached hydrogens (tertiary/aromatic N) is 1. The van der Waals surface area contributed by atoms with E-state index in [9.17, 15) is 4.79 Å². The number of ether oxygens (including phenoxy) is 4. The first-order valence-electron chi connectivity index (χ1n) is 11.9. The molecule has 0 aliphatic carbocycles. The predicted octanol–water partition coefficient (Wildman–Crippen LogP) is 5.41. The van der Waals surface area contributed by atoms with Crippen LogP contribution in [0.2, 0.25) is 0 Å². The molecule has 3 aromatic rings. The molecule has 0 bridgehead atoms. The Balaban J connectivity index is 1.31.